The number of thiazole rings is 1. The number of esters is 1. The lowest BCUT2D eigenvalue weighted by Crippen LogP contribution is -2.35. The first-order valence-corrected chi connectivity index (χ1v) is 7.85. The lowest BCUT2D eigenvalue weighted by atomic mass is 10.3. The van der Waals surface area contributed by atoms with Crippen LogP contribution in [0.1, 0.15) is 42.7 Å². The Morgan fingerprint density at radius 1 is 1.50 bits per heavy atom. The summed E-state index contributed by atoms with van der Waals surface area (Å²) >= 11 is 7.18. The van der Waals surface area contributed by atoms with Gasteiger partial charge in [-0.1, -0.05) is 6.92 Å². The smallest absolute Gasteiger partial charge is 0.357 e. The van der Waals surface area contributed by atoms with Gasteiger partial charge >= 0.3 is 5.97 Å². The van der Waals surface area contributed by atoms with Gasteiger partial charge in [0.25, 0.3) is 0 Å². The van der Waals surface area contributed by atoms with Crippen molar-refractivity contribution in [3.63, 3.8) is 0 Å². The average Bonchev–Trinajstić information content (AvgIpc) is 2.86. The maximum atomic E-state index is 12.0. The second kappa shape index (κ2) is 8.21. The van der Waals surface area contributed by atoms with E-state index in [-0.39, 0.29) is 11.6 Å². The van der Waals surface area contributed by atoms with Gasteiger partial charge in [-0.3, -0.25) is 4.79 Å². The fourth-order valence-electron chi connectivity index (χ4n) is 1.63. The normalized spacial score (nSPS) is 12.0. The largest absolute Gasteiger partial charge is 0.461 e. The molecule has 7 heteroatoms. The number of carbonyl (C=O) groups excluding carboxylic acids is 2. The molecule has 1 atom stereocenters. The first-order valence-electron chi connectivity index (χ1n) is 6.53. The molecule has 0 saturated carbocycles. The highest BCUT2D eigenvalue weighted by atomic mass is 35.5. The molecule has 20 heavy (non-hydrogen) atoms. The molecule has 0 aliphatic carbocycles. The second-order valence-corrected chi connectivity index (χ2v) is 5.82. The Hall–Kier alpha value is -1.14. The maximum Gasteiger partial charge on any atom is 0.357 e. The van der Waals surface area contributed by atoms with Crippen LogP contribution in [0.4, 0.5) is 0 Å². The van der Waals surface area contributed by atoms with Gasteiger partial charge in [-0.2, -0.15) is 0 Å². The highest BCUT2D eigenvalue weighted by Crippen LogP contribution is 2.15. The van der Waals surface area contributed by atoms with E-state index in [2.05, 4.69) is 4.98 Å². The van der Waals surface area contributed by atoms with Crippen LogP contribution in [0.3, 0.4) is 0 Å². The quantitative estimate of drug-likeness (QED) is 0.573. The average molecular weight is 319 g/mol. The van der Waals surface area contributed by atoms with Crippen LogP contribution in [-0.4, -0.2) is 40.3 Å². The molecule has 0 aliphatic heterocycles. The molecular formula is C13H19ClN2O3S. The van der Waals surface area contributed by atoms with Crippen molar-refractivity contribution in [2.45, 2.75) is 39.1 Å². The zero-order chi connectivity index (χ0) is 15.1. The summed E-state index contributed by atoms with van der Waals surface area (Å²) in [6.45, 7) is 6.69. The summed E-state index contributed by atoms with van der Waals surface area (Å²) in [7, 11) is 0. The fraction of sp³-hybridized carbons (Fsp3) is 0.615. The van der Waals surface area contributed by atoms with Crippen molar-refractivity contribution in [1.82, 2.24) is 9.88 Å². The number of ether oxygens (including phenoxy) is 1. The van der Waals surface area contributed by atoms with E-state index in [9.17, 15) is 9.59 Å². The van der Waals surface area contributed by atoms with Gasteiger partial charge in [-0.25, -0.2) is 9.78 Å². The van der Waals surface area contributed by atoms with Gasteiger partial charge in [0.1, 0.15) is 10.4 Å². The lowest BCUT2D eigenvalue weighted by Gasteiger charge is -2.22. The maximum absolute atomic E-state index is 12.0. The standard InChI is InChI=1S/C13H19ClN2O3S/c1-4-6-16(12(17)9(3)14)7-11-15-10(8-20-11)13(18)19-5-2/h8-9H,4-7H2,1-3H3/t9-/m1/s1. The molecule has 0 radical (unpaired) electrons. The number of hydrogen-bond donors (Lipinski definition) is 0. The van der Waals surface area contributed by atoms with E-state index in [4.69, 9.17) is 16.3 Å². The molecule has 0 aromatic carbocycles. The zero-order valence-electron chi connectivity index (χ0n) is 11.9. The van der Waals surface area contributed by atoms with Gasteiger partial charge in [0.05, 0.1) is 13.2 Å². The highest BCUT2D eigenvalue weighted by Gasteiger charge is 2.20. The van der Waals surface area contributed by atoms with Gasteiger partial charge in [0.15, 0.2) is 5.69 Å². The van der Waals surface area contributed by atoms with E-state index in [0.717, 1.165) is 6.42 Å². The Morgan fingerprint density at radius 2 is 2.20 bits per heavy atom. The molecule has 0 spiro atoms. The summed E-state index contributed by atoms with van der Waals surface area (Å²) < 4.78 is 4.88. The number of amides is 1. The summed E-state index contributed by atoms with van der Waals surface area (Å²) in [5.41, 5.74) is 0.287. The first-order chi connectivity index (χ1) is 9.49. The minimum Gasteiger partial charge on any atom is -0.461 e. The van der Waals surface area contributed by atoms with Crippen molar-refractivity contribution in [3.05, 3.63) is 16.1 Å². The summed E-state index contributed by atoms with van der Waals surface area (Å²) in [5, 5.41) is 1.78. The zero-order valence-corrected chi connectivity index (χ0v) is 13.5. The molecule has 0 aliphatic rings. The van der Waals surface area contributed by atoms with E-state index >= 15 is 0 Å². The number of aromatic nitrogens is 1. The minimum atomic E-state index is -0.564. The van der Waals surface area contributed by atoms with E-state index in [0.29, 0.717) is 24.7 Å². The molecule has 0 bridgehead atoms. The highest BCUT2D eigenvalue weighted by molar-refractivity contribution is 7.09. The van der Waals surface area contributed by atoms with Crippen LogP contribution in [-0.2, 0) is 16.1 Å². The Kier molecular flexibility index (Phi) is 6.95. The van der Waals surface area contributed by atoms with Crippen molar-refractivity contribution >= 4 is 34.8 Å². The van der Waals surface area contributed by atoms with Crippen LogP contribution < -0.4 is 0 Å². The number of rotatable bonds is 7. The van der Waals surface area contributed by atoms with Crippen molar-refractivity contribution < 1.29 is 14.3 Å². The Balaban J connectivity index is 2.74. The van der Waals surface area contributed by atoms with Crippen LogP contribution in [0.5, 0.6) is 0 Å². The minimum absolute atomic E-state index is 0.124. The lowest BCUT2D eigenvalue weighted by molar-refractivity contribution is -0.131. The summed E-state index contributed by atoms with van der Waals surface area (Å²) in [6, 6.07) is 0. The topological polar surface area (TPSA) is 59.5 Å². The first kappa shape index (κ1) is 16.9. The Labute approximate surface area is 127 Å². The molecule has 5 nitrogen and oxygen atoms in total. The monoisotopic (exact) mass is 318 g/mol. The van der Waals surface area contributed by atoms with Crippen molar-refractivity contribution in [3.8, 4) is 0 Å². The summed E-state index contributed by atoms with van der Waals surface area (Å²) in [5.74, 6) is -0.560. The van der Waals surface area contributed by atoms with E-state index < -0.39 is 11.3 Å². The molecule has 1 aromatic rings. The molecule has 0 unspecified atom stereocenters. The van der Waals surface area contributed by atoms with E-state index in [1.54, 1.807) is 24.1 Å². The molecule has 1 aromatic heterocycles. The Morgan fingerprint density at radius 3 is 2.75 bits per heavy atom. The van der Waals surface area contributed by atoms with Gasteiger partial charge in [-0.15, -0.1) is 22.9 Å². The number of carbonyl (C=O) groups is 2. The number of halogens is 1. The summed E-state index contributed by atoms with van der Waals surface area (Å²) in [4.78, 5) is 29.3. The number of nitrogens with zero attached hydrogens (tertiary/aromatic N) is 2. The number of hydrogen-bond acceptors (Lipinski definition) is 5. The second-order valence-electron chi connectivity index (χ2n) is 4.22. The van der Waals surface area contributed by atoms with Crippen LogP contribution in [0.15, 0.2) is 5.38 Å². The third kappa shape index (κ3) is 4.76. The molecule has 0 saturated heterocycles. The van der Waals surface area contributed by atoms with Gasteiger partial charge in [0, 0.05) is 11.9 Å². The fourth-order valence-corrected chi connectivity index (χ4v) is 2.55. The van der Waals surface area contributed by atoms with E-state index in [1.807, 2.05) is 6.92 Å². The molecule has 0 fully saturated rings. The van der Waals surface area contributed by atoms with Gasteiger partial charge < -0.3 is 9.64 Å². The molecule has 1 rings (SSSR count). The van der Waals surface area contributed by atoms with Crippen LogP contribution in [0.2, 0.25) is 0 Å². The summed E-state index contributed by atoms with van der Waals surface area (Å²) in [6.07, 6.45) is 0.839. The van der Waals surface area contributed by atoms with Crippen molar-refractivity contribution in [2.75, 3.05) is 13.2 Å². The van der Waals surface area contributed by atoms with Gasteiger partial charge in [-0.05, 0) is 20.3 Å². The predicted octanol–water partition coefficient (Wildman–Crippen LogP) is 2.69. The molecular weight excluding hydrogens is 300 g/mol. The molecule has 1 heterocycles. The molecule has 0 N–H and O–H groups in total. The van der Waals surface area contributed by atoms with Crippen LogP contribution >= 0.6 is 22.9 Å². The number of alkyl halides is 1. The van der Waals surface area contributed by atoms with Gasteiger partial charge in [0.2, 0.25) is 5.91 Å². The third-order valence-electron chi connectivity index (χ3n) is 2.51. The van der Waals surface area contributed by atoms with E-state index in [1.165, 1.54) is 11.3 Å². The predicted molar refractivity (Wildman–Crippen MR) is 79.1 cm³/mol. The van der Waals surface area contributed by atoms with Crippen molar-refractivity contribution in [2.24, 2.45) is 0 Å². The molecule has 1 amide bonds. The SMILES string of the molecule is CCCN(Cc1nc(C(=O)OCC)cs1)C(=O)[C@@H](C)Cl. The van der Waals surface area contributed by atoms with Crippen molar-refractivity contribution in [1.29, 1.82) is 0 Å². The Bertz CT molecular complexity index is 462. The van der Waals surface area contributed by atoms with Crippen LogP contribution in [0, 0.1) is 0 Å². The molecule has 112 valence electrons. The van der Waals surface area contributed by atoms with Crippen LogP contribution in [0.25, 0.3) is 0 Å². The third-order valence-corrected chi connectivity index (χ3v) is 3.53.